The number of carbonyl (C=O) groups is 4. The number of hydrogen-bond donors (Lipinski definition) is 4. The number of allylic oxidation sites excluding steroid dienone is 2. The molecule has 0 radical (unpaired) electrons. The van der Waals surface area contributed by atoms with Gasteiger partial charge < -0.3 is 24.5 Å². The number of benzene rings is 1. The average Bonchev–Trinajstić information content (AvgIpc) is 3.99. The normalized spacial score (nSPS) is 21.0. The number of hydrogen-bond acceptors (Lipinski definition) is 10. The number of amides is 4. The van der Waals surface area contributed by atoms with Crippen molar-refractivity contribution < 1.29 is 46.2 Å². The number of sulfonamides is 1. The molecule has 0 bridgehead atoms. The maximum atomic E-state index is 14.4. The Kier molecular flexibility index (Phi) is 11.9. The Morgan fingerprint density at radius 1 is 1.09 bits per heavy atom. The summed E-state index contributed by atoms with van der Waals surface area (Å²) in [6.45, 7) is 1.92. The average molecular weight is 758 g/mol. The summed E-state index contributed by atoms with van der Waals surface area (Å²) >= 11 is 0. The maximum absolute atomic E-state index is 14.4. The molecule has 1 saturated heterocycles. The van der Waals surface area contributed by atoms with Gasteiger partial charge in [0, 0.05) is 18.5 Å². The summed E-state index contributed by atoms with van der Waals surface area (Å²) in [5, 5.41) is 14.8. The molecule has 2 aliphatic carbocycles. The van der Waals surface area contributed by atoms with Gasteiger partial charge in [0.15, 0.2) is 0 Å². The van der Waals surface area contributed by atoms with E-state index in [9.17, 15) is 37.1 Å². The van der Waals surface area contributed by atoms with E-state index >= 15 is 0 Å². The highest BCUT2D eigenvalue weighted by Crippen LogP contribution is 2.38. The lowest BCUT2D eigenvalue weighted by molar-refractivity contribution is -0.141. The van der Waals surface area contributed by atoms with Crippen LogP contribution in [0.5, 0.6) is 0 Å². The number of carbonyl (C=O) groups excluding carboxylic acids is 4. The molecule has 1 aromatic heterocycles. The highest BCUT2D eigenvalue weighted by molar-refractivity contribution is 7.91. The Bertz CT molecular complexity index is 1820. The van der Waals surface area contributed by atoms with Crippen LogP contribution in [0.3, 0.4) is 0 Å². The van der Waals surface area contributed by atoms with Crippen molar-refractivity contribution in [2.75, 3.05) is 6.54 Å². The number of aliphatic hydroxyl groups is 1. The number of fused-ring (bicyclic) bond motifs is 1. The van der Waals surface area contributed by atoms with Crippen LogP contribution in [-0.2, 0) is 55.4 Å². The van der Waals surface area contributed by atoms with Gasteiger partial charge in [-0.2, -0.15) is 0 Å². The molecule has 16 heteroatoms. The number of aliphatic hydroxyl groups excluding tert-OH is 1. The molecule has 288 valence electrons. The van der Waals surface area contributed by atoms with Crippen molar-refractivity contribution in [2.45, 2.75) is 126 Å². The molecule has 3 atom stereocenters. The molecule has 1 aromatic carbocycles. The number of rotatable bonds is 17. The predicted molar refractivity (Wildman–Crippen MR) is 189 cm³/mol. The van der Waals surface area contributed by atoms with Crippen molar-refractivity contribution in [3.63, 3.8) is 0 Å². The fraction of sp³-hybridized carbons (Fsp3) is 0.568. The maximum Gasteiger partial charge on any atom is 0.410 e. The van der Waals surface area contributed by atoms with E-state index in [-0.39, 0.29) is 52.0 Å². The van der Waals surface area contributed by atoms with Crippen LogP contribution in [0.4, 0.5) is 9.18 Å². The van der Waals surface area contributed by atoms with Gasteiger partial charge >= 0.3 is 6.09 Å². The third-order valence-corrected chi connectivity index (χ3v) is 12.2. The fourth-order valence-electron chi connectivity index (χ4n) is 6.94. The van der Waals surface area contributed by atoms with Crippen LogP contribution >= 0.6 is 0 Å². The van der Waals surface area contributed by atoms with Gasteiger partial charge in [0.25, 0.3) is 5.91 Å². The van der Waals surface area contributed by atoms with Crippen molar-refractivity contribution in [1.29, 1.82) is 0 Å². The van der Waals surface area contributed by atoms with Crippen molar-refractivity contribution in [3.8, 4) is 0 Å². The van der Waals surface area contributed by atoms with Crippen LogP contribution in [0.15, 0.2) is 46.9 Å². The summed E-state index contributed by atoms with van der Waals surface area (Å²) in [5.74, 6) is -1.41. The SMILES string of the molecule is C/C=C\CCCCC[C@H](NCc1ccc(CO)o1)C(=O)N1C[C@H](OC(=O)N2Cc3cccc(F)c3C2)C[C@H]1C(=O)NC1(C(=O)NS(=O)(=O)C2CC2)CC1. The Labute approximate surface area is 308 Å². The van der Waals surface area contributed by atoms with Gasteiger partial charge in [0.1, 0.15) is 41.6 Å². The predicted octanol–water partition coefficient (Wildman–Crippen LogP) is 3.27. The second kappa shape index (κ2) is 16.4. The smallest absolute Gasteiger partial charge is 0.410 e. The first-order valence-corrected chi connectivity index (χ1v) is 19.9. The zero-order valence-corrected chi connectivity index (χ0v) is 30.7. The highest BCUT2D eigenvalue weighted by Gasteiger charge is 2.55. The largest absolute Gasteiger partial charge is 0.462 e. The van der Waals surface area contributed by atoms with Crippen LogP contribution in [0, 0.1) is 5.82 Å². The molecule has 4 amide bonds. The monoisotopic (exact) mass is 757 g/mol. The molecule has 14 nitrogen and oxygen atoms in total. The van der Waals surface area contributed by atoms with E-state index in [4.69, 9.17) is 9.15 Å². The topological polar surface area (TPSA) is 188 Å². The number of likely N-dealkylation sites (tertiary alicyclic amines) is 1. The molecule has 2 aliphatic heterocycles. The third kappa shape index (κ3) is 9.27. The quantitative estimate of drug-likeness (QED) is 0.138. The molecule has 4 aliphatic rings. The molecule has 2 aromatic rings. The Morgan fingerprint density at radius 3 is 2.55 bits per heavy atom. The molecule has 2 saturated carbocycles. The summed E-state index contributed by atoms with van der Waals surface area (Å²) in [4.78, 5) is 57.7. The molecule has 0 unspecified atom stereocenters. The van der Waals surface area contributed by atoms with E-state index in [2.05, 4.69) is 21.4 Å². The molecular weight excluding hydrogens is 709 g/mol. The molecular formula is C37H48FN5O9S. The fourth-order valence-corrected chi connectivity index (χ4v) is 8.31. The minimum Gasteiger partial charge on any atom is -0.462 e. The van der Waals surface area contributed by atoms with Crippen molar-refractivity contribution in [1.82, 2.24) is 25.2 Å². The van der Waals surface area contributed by atoms with E-state index in [0.717, 1.165) is 19.3 Å². The molecule has 6 rings (SSSR count). The second-order valence-corrected chi connectivity index (χ2v) is 16.4. The van der Waals surface area contributed by atoms with E-state index in [1.54, 1.807) is 24.3 Å². The highest BCUT2D eigenvalue weighted by atomic mass is 32.2. The van der Waals surface area contributed by atoms with Crippen molar-refractivity contribution in [3.05, 3.63) is 70.9 Å². The first-order chi connectivity index (χ1) is 25.4. The first kappa shape index (κ1) is 38.4. The minimum atomic E-state index is -3.85. The van der Waals surface area contributed by atoms with Crippen LogP contribution in [0.2, 0.25) is 0 Å². The van der Waals surface area contributed by atoms with Gasteiger partial charge in [0.2, 0.25) is 21.8 Å². The Hall–Kier alpha value is -4.28. The standard InChI is InChI=1S/C37H48FN5O9S/c1-2-3-4-5-6-7-11-31(39-19-25-12-13-26(23-44)51-25)34(46)43-21-27(52-36(48)42-20-24-9-8-10-30(38)29(24)22-42)18-32(43)33(45)40-37(16-17-37)35(47)41-53(49,50)28-14-15-28/h2-3,8-10,12-13,27-28,31-32,39,44H,4-7,11,14-23H2,1H3,(H,40,45)(H,41,47)/b3-2-/t27-,31+,32+/m1/s1. The zero-order chi connectivity index (χ0) is 37.8. The Morgan fingerprint density at radius 2 is 1.87 bits per heavy atom. The molecule has 0 spiro atoms. The van der Waals surface area contributed by atoms with Gasteiger partial charge in [-0.15, -0.1) is 0 Å². The molecule has 3 heterocycles. The summed E-state index contributed by atoms with van der Waals surface area (Å²) in [7, 11) is -3.85. The molecule has 53 heavy (non-hydrogen) atoms. The zero-order valence-electron chi connectivity index (χ0n) is 29.9. The Balaban J connectivity index is 1.18. The number of unbranched alkanes of at least 4 members (excludes halogenated alkanes) is 3. The van der Waals surface area contributed by atoms with Crippen LogP contribution in [-0.4, -0.2) is 82.7 Å². The lowest BCUT2D eigenvalue weighted by atomic mass is 10.0. The van der Waals surface area contributed by atoms with Gasteiger partial charge in [-0.1, -0.05) is 37.1 Å². The van der Waals surface area contributed by atoms with E-state index < -0.39 is 68.6 Å². The van der Waals surface area contributed by atoms with Crippen LogP contribution in [0.1, 0.15) is 93.8 Å². The van der Waals surface area contributed by atoms with E-state index in [0.29, 0.717) is 48.3 Å². The third-order valence-electron chi connectivity index (χ3n) is 10.3. The number of ether oxygens (including phenoxy) is 1. The van der Waals surface area contributed by atoms with Crippen molar-refractivity contribution >= 4 is 33.8 Å². The first-order valence-electron chi connectivity index (χ1n) is 18.4. The lowest BCUT2D eigenvalue weighted by Crippen LogP contribution is -2.57. The number of nitrogens with zero attached hydrogens (tertiary/aromatic N) is 2. The van der Waals surface area contributed by atoms with E-state index in [1.165, 1.54) is 15.9 Å². The number of halogens is 1. The van der Waals surface area contributed by atoms with Gasteiger partial charge in [-0.05, 0) is 75.6 Å². The molecule has 4 N–H and O–H groups in total. The van der Waals surface area contributed by atoms with Crippen molar-refractivity contribution in [2.24, 2.45) is 0 Å². The van der Waals surface area contributed by atoms with Gasteiger partial charge in [-0.25, -0.2) is 17.6 Å². The van der Waals surface area contributed by atoms with Gasteiger partial charge in [-0.3, -0.25) is 29.3 Å². The second-order valence-electron chi connectivity index (χ2n) is 14.4. The van der Waals surface area contributed by atoms with Gasteiger partial charge in [0.05, 0.1) is 30.9 Å². The summed E-state index contributed by atoms with van der Waals surface area (Å²) < 4.78 is 53.1. The van der Waals surface area contributed by atoms with Crippen LogP contribution < -0.4 is 15.4 Å². The summed E-state index contributed by atoms with van der Waals surface area (Å²) in [5.41, 5.74) is -0.354. The molecule has 3 fully saturated rings. The summed E-state index contributed by atoms with van der Waals surface area (Å²) in [6.07, 6.45) is 7.62. The lowest BCUT2D eigenvalue weighted by Gasteiger charge is -2.29. The number of furan rings is 1. The summed E-state index contributed by atoms with van der Waals surface area (Å²) in [6, 6.07) is 6.08. The number of nitrogens with one attached hydrogen (secondary N) is 3. The van der Waals surface area contributed by atoms with E-state index in [1.807, 2.05) is 13.0 Å². The van der Waals surface area contributed by atoms with Crippen LogP contribution in [0.25, 0.3) is 0 Å². The minimum absolute atomic E-state index is 0.0202.